The number of aromatic nitrogens is 1. The van der Waals surface area contributed by atoms with E-state index in [1.54, 1.807) is 7.11 Å². The number of carbonyl (C=O) groups excluding carboxylic acids is 1. The Morgan fingerprint density at radius 1 is 1.36 bits per heavy atom. The van der Waals surface area contributed by atoms with Gasteiger partial charge in [0.05, 0.1) is 13.7 Å². The van der Waals surface area contributed by atoms with Crippen molar-refractivity contribution in [1.29, 1.82) is 0 Å². The summed E-state index contributed by atoms with van der Waals surface area (Å²) < 4.78 is 19.5. The van der Waals surface area contributed by atoms with E-state index >= 15 is 0 Å². The van der Waals surface area contributed by atoms with Crippen LogP contribution in [0.3, 0.4) is 0 Å². The number of methoxy groups -OCH3 is 2. The molecule has 3 aliphatic rings. The van der Waals surface area contributed by atoms with Gasteiger partial charge in [-0.2, -0.15) is 0 Å². The van der Waals surface area contributed by atoms with Gasteiger partial charge in [-0.3, -0.25) is 0 Å². The number of para-hydroxylation sites is 1. The van der Waals surface area contributed by atoms with Crippen LogP contribution < -0.4 is 5.32 Å². The molecule has 0 spiro atoms. The molecule has 3 aliphatic heterocycles. The SMILES string of the molecule is C/C=C1\COC(OC)C2(C(=O)OC)C1CC1NCCc3c1n2c1ccccc31. The van der Waals surface area contributed by atoms with E-state index in [-0.39, 0.29) is 17.9 Å². The van der Waals surface area contributed by atoms with Gasteiger partial charge in [-0.1, -0.05) is 24.3 Å². The summed E-state index contributed by atoms with van der Waals surface area (Å²) in [5, 5.41) is 4.88. The number of benzene rings is 1. The van der Waals surface area contributed by atoms with Crippen LogP contribution in [0.1, 0.15) is 30.6 Å². The zero-order valence-electron chi connectivity index (χ0n) is 16.5. The monoisotopic (exact) mass is 382 g/mol. The van der Waals surface area contributed by atoms with Crippen molar-refractivity contribution in [2.24, 2.45) is 5.92 Å². The molecule has 4 atom stereocenters. The van der Waals surface area contributed by atoms with Crippen LogP contribution in [0.25, 0.3) is 10.9 Å². The number of carbonyl (C=O) groups is 1. The van der Waals surface area contributed by atoms with Crippen LogP contribution in [0.5, 0.6) is 0 Å². The number of rotatable bonds is 2. The first-order valence-corrected chi connectivity index (χ1v) is 9.92. The van der Waals surface area contributed by atoms with Crippen molar-refractivity contribution >= 4 is 16.9 Å². The third-order valence-electron chi connectivity index (χ3n) is 6.79. The lowest BCUT2D eigenvalue weighted by molar-refractivity contribution is -0.229. The Labute approximate surface area is 164 Å². The summed E-state index contributed by atoms with van der Waals surface area (Å²) in [6, 6.07) is 8.53. The van der Waals surface area contributed by atoms with Crippen LogP contribution in [-0.4, -0.2) is 44.2 Å². The van der Waals surface area contributed by atoms with Crippen molar-refractivity contribution in [3.05, 3.63) is 47.2 Å². The highest BCUT2D eigenvalue weighted by Gasteiger charge is 2.63. The molecule has 1 fully saturated rings. The molecule has 0 aliphatic carbocycles. The minimum atomic E-state index is -1.08. The van der Waals surface area contributed by atoms with E-state index in [0.29, 0.717) is 6.61 Å². The minimum absolute atomic E-state index is 0.0598. The van der Waals surface area contributed by atoms with Gasteiger partial charge in [0.15, 0.2) is 11.8 Å². The Kier molecular flexibility index (Phi) is 4.12. The fraction of sp³-hybridized carbons (Fsp3) is 0.500. The number of nitrogens with one attached hydrogen (secondary N) is 1. The van der Waals surface area contributed by atoms with Gasteiger partial charge in [0.1, 0.15) is 0 Å². The third kappa shape index (κ3) is 2.05. The quantitative estimate of drug-likeness (QED) is 0.639. The first-order valence-electron chi connectivity index (χ1n) is 9.92. The van der Waals surface area contributed by atoms with Crippen LogP contribution in [0.2, 0.25) is 0 Å². The van der Waals surface area contributed by atoms with Gasteiger partial charge in [0.2, 0.25) is 0 Å². The highest BCUT2D eigenvalue weighted by molar-refractivity contribution is 5.91. The molecule has 148 valence electrons. The fourth-order valence-electron chi connectivity index (χ4n) is 5.72. The molecule has 5 rings (SSSR count). The van der Waals surface area contributed by atoms with Crippen molar-refractivity contribution in [3.8, 4) is 0 Å². The van der Waals surface area contributed by atoms with Gasteiger partial charge in [-0.25, -0.2) is 4.79 Å². The summed E-state index contributed by atoms with van der Waals surface area (Å²) in [6.45, 7) is 3.42. The number of hydrogen-bond acceptors (Lipinski definition) is 5. The number of hydrogen-bond donors (Lipinski definition) is 1. The molecule has 6 heteroatoms. The minimum Gasteiger partial charge on any atom is -0.467 e. The van der Waals surface area contributed by atoms with Crippen molar-refractivity contribution < 1.29 is 19.0 Å². The predicted molar refractivity (Wildman–Crippen MR) is 105 cm³/mol. The number of allylic oxidation sites excluding steroid dienone is 1. The number of nitrogens with zero attached hydrogens (tertiary/aromatic N) is 1. The number of ether oxygens (including phenoxy) is 3. The highest BCUT2D eigenvalue weighted by Crippen LogP contribution is 2.54. The summed E-state index contributed by atoms with van der Waals surface area (Å²) >= 11 is 0. The van der Waals surface area contributed by atoms with Crippen LogP contribution in [0.15, 0.2) is 35.9 Å². The lowest BCUT2D eigenvalue weighted by Crippen LogP contribution is -2.65. The van der Waals surface area contributed by atoms with Crippen LogP contribution in [-0.2, 0) is 31.0 Å². The van der Waals surface area contributed by atoms with Gasteiger partial charge in [-0.05, 0) is 43.5 Å². The lowest BCUT2D eigenvalue weighted by Gasteiger charge is -2.53. The van der Waals surface area contributed by atoms with Gasteiger partial charge in [-0.15, -0.1) is 0 Å². The zero-order chi connectivity index (χ0) is 19.5. The Morgan fingerprint density at radius 3 is 2.93 bits per heavy atom. The molecule has 1 saturated heterocycles. The molecule has 1 N–H and O–H groups in total. The molecule has 1 aromatic heterocycles. The second-order valence-electron chi connectivity index (χ2n) is 7.82. The summed E-state index contributed by atoms with van der Waals surface area (Å²) in [7, 11) is 3.06. The molecule has 1 aromatic carbocycles. The second kappa shape index (κ2) is 6.44. The number of fused-ring (bicyclic) bond motifs is 5. The summed E-state index contributed by atoms with van der Waals surface area (Å²) in [6.07, 6.45) is 3.13. The molecule has 28 heavy (non-hydrogen) atoms. The molecule has 2 aromatic rings. The van der Waals surface area contributed by atoms with E-state index in [1.807, 2.05) is 13.0 Å². The lowest BCUT2D eigenvalue weighted by atomic mass is 9.69. The third-order valence-corrected chi connectivity index (χ3v) is 6.79. The van der Waals surface area contributed by atoms with Crippen molar-refractivity contribution in [1.82, 2.24) is 9.88 Å². The largest absolute Gasteiger partial charge is 0.467 e. The smallest absolute Gasteiger partial charge is 0.338 e. The van der Waals surface area contributed by atoms with E-state index < -0.39 is 11.8 Å². The molecule has 4 unspecified atom stereocenters. The highest BCUT2D eigenvalue weighted by atomic mass is 16.7. The molecule has 0 saturated carbocycles. The molecule has 0 bridgehead atoms. The van der Waals surface area contributed by atoms with E-state index in [0.717, 1.165) is 30.5 Å². The van der Waals surface area contributed by atoms with Gasteiger partial charge < -0.3 is 24.1 Å². The summed E-state index contributed by atoms with van der Waals surface area (Å²) in [5.74, 6) is -0.369. The fourth-order valence-corrected chi connectivity index (χ4v) is 5.72. The average molecular weight is 382 g/mol. The van der Waals surface area contributed by atoms with E-state index in [4.69, 9.17) is 14.2 Å². The molecular formula is C22H26N2O4. The Bertz CT molecular complexity index is 978. The maximum atomic E-state index is 13.5. The Morgan fingerprint density at radius 2 is 2.18 bits per heavy atom. The Hall–Kier alpha value is -2.15. The van der Waals surface area contributed by atoms with Gasteiger partial charge in [0, 0.05) is 35.7 Å². The second-order valence-corrected chi connectivity index (χ2v) is 7.82. The van der Waals surface area contributed by atoms with Crippen molar-refractivity contribution in [2.45, 2.75) is 37.6 Å². The number of esters is 1. The first-order chi connectivity index (χ1) is 13.7. The van der Waals surface area contributed by atoms with Crippen LogP contribution in [0, 0.1) is 5.92 Å². The van der Waals surface area contributed by atoms with Crippen molar-refractivity contribution in [3.63, 3.8) is 0 Å². The van der Waals surface area contributed by atoms with Gasteiger partial charge in [0.25, 0.3) is 0 Å². The molecule has 0 amide bonds. The maximum Gasteiger partial charge on any atom is 0.338 e. The molecule has 6 nitrogen and oxygen atoms in total. The normalized spacial score (nSPS) is 32.8. The van der Waals surface area contributed by atoms with Gasteiger partial charge >= 0.3 is 5.97 Å². The zero-order valence-corrected chi connectivity index (χ0v) is 16.5. The maximum absolute atomic E-state index is 13.5. The molecule has 0 radical (unpaired) electrons. The summed E-state index contributed by atoms with van der Waals surface area (Å²) in [4.78, 5) is 13.5. The Balaban J connectivity index is 1.92. The van der Waals surface area contributed by atoms with Crippen LogP contribution in [0.4, 0.5) is 0 Å². The predicted octanol–water partition coefficient (Wildman–Crippen LogP) is 2.67. The first kappa shape index (κ1) is 17.9. The summed E-state index contributed by atoms with van der Waals surface area (Å²) in [5.41, 5.74) is 3.59. The average Bonchev–Trinajstić information content (AvgIpc) is 3.09. The van der Waals surface area contributed by atoms with Crippen LogP contribution >= 0.6 is 0 Å². The van der Waals surface area contributed by atoms with E-state index in [2.05, 4.69) is 34.2 Å². The van der Waals surface area contributed by atoms with Crippen molar-refractivity contribution in [2.75, 3.05) is 27.4 Å². The molecular weight excluding hydrogens is 356 g/mol. The van der Waals surface area contributed by atoms with E-state index in [9.17, 15) is 4.79 Å². The topological polar surface area (TPSA) is 61.7 Å². The van der Waals surface area contributed by atoms with E-state index in [1.165, 1.54) is 23.8 Å². The standard InChI is InChI=1S/C22H26N2O4/c1-4-13-12-28-21(27-3)22(20(25)26-2)16(13)11-17-19-15(9-10-23-17)14-7-5-6-8-18(14)24(19)22/h4-8,16-17,21,23H,9-12H2,1-3H3/b13-4+. The molecule has 4 heterocycles.